The van der Waals surface area contributed by atoms with Crippen LogP contribution < -0.4 is 14.8 Å². The van der Waals surface area contributed by atoms with Crippen LogP contribution in [0.3, 0.4) is 0 Å². The van der Waals surface area contributed by atoms with Gasteiger partial charge in [0.2, 0.25) is 5.88 Å². The molecule has 6 nitrogen and oxygen atoms in total. The number of ether oxygens (including phenoxy) is 3. The van der Waals surface area contributed by atoms with Crippen molar-refractivity contribution in [3.8, 4) is 11.6 Å². The van der Waals surface area contributed by atoms with Gasteiger partial charge in [-0.3, -0.25) is 4.79 Å². The molecule has 2 rings (SSSR count). The Balaban J connectivity index is 2.08. The van der Waals surface area contributed by atoms with Crippen LogP contribution in [0.4, 0.5) is 0 Å². The normalized spacial score (nSPS) is 10.7. The highest BCUT2D eigenvalue weighted by Crippen LogP contribution is 2.24. The molecule has 0 atom stereocenters. The van der Waals surface area contributed by atoms with E-state index >= 15 is 0 Å². The second-order valence-electron chi connectivity index (χ2n) is 5.80. The first-order valence-electron chi connectivity index (χ1n) is 8.31. The summed E-state index contributed by atoms with van der Waals surface area (Å²) in [5.74, 6) is 0.675. The van der Waals surface area contributed by atoms with Crippen molar-refractivity contribution in [2.24, 2.45) is 0 Å². The molecule has 0 bridgehead atoms. The lowest BCUT2D eigenvalue weighted by Crippen LogP contribution is -2.24. The molecule has 0 aliphatic heterocycles. The Morgan fingerprint density at radius 1 is 1.27 bits per heavy atom. The SMILES string of the molecule is COCCOc1ncccc1CNC(=O)c1cc(Cl)ccc1OC(C)C. The number of nitrogens with zero attached hydrogens (tertiary/aromatic N) is 1. The zero-order chi connectivity index (χ0) is 18.9. The molecule has 0 saturated carbocycles. The Labute approximate surface area is 158 Å². The molecule has 0 aliphatic rings. The first kappa shape index (κ1) is 20.0. The maximum absolute atomic E-state index is 12.6. The monoisotopic (exact) mass is 378 g/mol. The largest absolute Gasteiger partial charge is 0.490 e. The first-order valence-corrected chi connectivity index (χ1v) is 8.69. The molecule has 0 radical (unpaired) electrons. The molecular weight excluding hydrogens is 356 g/mol. The van der Waals surface area contributed by atoms with Gasteiger partial charge in [-0.25, -0.2) is 4.98 Å². The number of amides is 1. The lowest BCUT2D eigenvalue weighted by atomic mass is 10.1. The highest BCUT2D eigenvalue weighted by molar-refractivity contribution is 6.31. The van der Waals surface area contributed by atoms with Crippen molar-refractivity contribution in [3.05, 3.63) is 52.7 Å². The molecule has 0 aliphatic carbocycles. The lowest BCUT2D eigenvalue weighted by Gasteiger charge is -2.15. The highest BCUT2D eigenvalue weighted by atomic mass is 35.5. The molecule has 7 heteroatoms. The van der Waals surface area contributed by atoms with Gasteiger partial charge in [0.05, 0.1) is 18.3 Å². The topological polar surface area (TPSA) is 69.7 Å². The van der Waals surface area contributed by atoms with Crippen molar-refractivity contribution >= 4 is 17.5 Å². The van der Waals surface area contributed by atoms with E-state index in [0.29, 0.717) is 35.4 Å². The van der Waals surface area contributed by atoms with Gasteiger partial charge in [-0.1, -0.05) is 17.7 Å². The third-order valence-electron chi connectivity index (χ3n) is 3.36. The zero-order valence-corrected chi connectivity index (χ0v) is 15.9. The molecule has 26 heavy (non-hydrogen) atoms. The van der Waals surface area contributed by atoms with Crippen LogP contribution in [0.25, 0.3) is 0 Å². The van der Waals surface area contributed by atoms with E-state index in [-0.39, 0.29) is 18.6 Å². The number of hydrogen-bond donors (Lipinski definition) is 1. The van der Waals surface area contributed by atoms with Crippen molar-refractivity contribution in [2.45, 2.75) is 26.5 Å². The van der Waals surface area contributed by atoms with Gasteiger partial charge in [0.25, 0.3) is 5.91 Å². The second kappa shape index (κ2) is 9.99. The number of halogens is 1. The molecule has 1 amide bonds. The van der Waals surface area contributed by atoms with Crippen molar-refractivity contribution in [2.75, 3.05) is 20.3 Å². The van der Waals surface area contributed by atoms with Crippen molar-refractivity contribution in [1.82, 2.24) is 10.3 Å². The van der Waals surface area contributed by atoms with Crippen LogP contribution >= 0.6 is 11.6 Å². The summed E-state index contributed by atoms with van der Waals surface area (Å²) >= 11 is 6.03. The van der Waals surface area contributed by atoms with Gasteiger partial charge in [-0.2, -0.15) is 0 Å². The van der Waals surface area contributed by atoms with E-state index in [1.165, 1.54) is 0 Å². The molecule has 1 N–H and O–H groups in total. The van der Waals surface area contributed by atoms with Crippen LogP contribution in [-0.2, 0) is 11.3 Å². The molecule has 140 valence electrons. The Kier molecular flexibility index (Phi) is 7.69. The molecule has 1 aromatic carbocycles. The predicted molar refractivity (Wildman–Crippen MR) is 100.0 cm³/mol. The van der Waals surface area contributed by atoms with E-state index in [4.69, 9.17) is 25.8 Å². The minimum atomic E-state index is -0.283. The van der Waals surface area contributed by atoms with Gasteiger partial charge < -0.3 is 19.5 Å². The fourth-order valence-corrected chi connectivity index (χ4v) is 2.39. The van der Waals surface area contributed by atoms with Crippen LogP contribution in [0, 0.1) is 0 Å². The zero-order valence-electron chi connectivity index (χ0n) is 15.1. The summed E-state index contributed by atoms with van der Waals surface area (Å²) in [6, 6.07) is 8.61. The molecule has 0 spiro atoms. The number of benzene rings is 1. The molecule has 0 unspecified atom stereocenters. The average Bonchev–Trinajstić information content (AvgIpc) is 2.62. The summed E-state index contributed by atoms with van der Waals surface area (Å²) in [5, 5.41) is 3.33. The van der Waals surface area contributed by atoms with Crippen LogP contribution in [0.15, 0.2) is 36.5 Å². The van der Waals surface area contributed by atoms with Gasteiger partial charge in [-0.05, 0) is 38.1 Å². The highest BCUT2D eigenvalue weighted by Gasteiger charge is 2.15. The van der Waals surface area contributed by atoms with E-state index in [1.54, 1.807) is 37.6 Å². The summed E-state index contributed by atoms with van der Waals surface area (Å²) in [6.45, 7) is 4.91. The third kappa shape index (κ3) is 5.89. The van der Waals surface area contributed by atoms with Crippen molar-refractivity contribution < 1.29 is 19.0 Å². The fourth-order valence-electron chi connectivity index (χ4n) is 2.22. The van der Waals surface area contributed by atoms with Crippen LogP contribution in [0.1, 0.15) is 29.8 Å². The summed E-state index contributed by atoms with van der Waals surface area (Å²) in [5.41, 5.74) is 1.15. The maximum Gasteiger partial charge on any atom is 0.255 e. The summed E-state index contributed by atoms with van der Waals surface area (Å²) in [6.07, 6.45) is 1.58. The Morgan fingerprint density at radius 2 is 2.08 bits per heavy atom. The van der Waals surface area contributed by atoms with Gasteiger partial charge in [0.15, 0.2) is 0 Å². The first-order chi connectivity index (χ1) is 12.5. The van der Waals surface area contributed by atoms with Gasteiger partial charge >= 0.3 is 0 Å². The van der Waals surface area contributed by atoms with Crippen molar-refractivity contribution in [3.63, 3.8) is 0 Å². The van der Waals surface area contributed by atoms with Crippen LogP contribution in [0.2, 0.25) is 5.02 Å². The Bertz CT molecular complexity index is 737. The number of aromatic nitrogens is 1. The molecule has 1 heterocycles. The summed E-state index contributed by atoms with van der Waals surface area (Å²) < 4.78 is 16.2. The van der Waals surface area contributed by atoms with E-state index in [2.05, 4.69) is 10.3 Å². The lowest BCUT2D eigenvalue weighted by molar-refractivity contribution is 0.0944. The number of carbonyl (C=O) groups is 1. The predicted octanol–water partition coefficient (Wildman–Crippen LogP) is 3.48. The summed E-state index contributed by atoms with van der Waals surface area (Å²) in [4.78, 5) is 16.8. The molecule has 0 fully saturated rings. The Morgan fingerprint density at radius 3 is 2.81 bits per heavy atom. The minimum absolute atomic E-state index is 0.0539. The van der Waals surface area contributed by atoms with Crippen LogP contribution in [0.5, 0.6) is 11.6 Å². The minimum Gasteiger partial charge on any atom is -0.490 e. The van der Waals surface area contributed by atoms with Gasteiger partial charge in [-0.15, -0.1) is 0 Å². The number of nitrogens with one attached hydrogen (secondary N) is 1. The van der Waals surface area contributed by atoms with Gasteiger partial charge in [0.1, 0.15) is 12.4 Å². The number of methoxy groups -OCH3 is 1. The Hall–Kier alpha value is -2.31. The second-order valence-corrected chi connectivity index (χ2v) is 6.24. The van der Waals surface area contributed by atoms with E-state index < -0.39 is 0 Å². The quantitative estimate of drug-likeness (QED) is 0.676. The number of pyridine rings is 1. The molecule has 2 aromatic rings. The third-order valence-corrected chi connectivity index (χ3v) is 3.60. The molecule has 0 saturated heterocycles. The fraction of sp³-hybridized carbons (Fsp3) is 0.368. The van der Waals surface area contributed by atoms with Gasteiger partial charge in [0, 0.05) is 30.4 Å². The van der Waals surface area contributed by atoms with Crippen molar-refractivity contribution in [1.29, 1.82) is 0 Å². The van der Waals surface area contributed by atoms with E-state index in [9.17, 15) is 4.79 Å². The number of carbonyl (C=O) groups excluding carboxylic acids is 1. The summed E-state index contributed by atoms with van der Waals surface area (Å²) in [7, 11) is 1.60. The van der Waals surface area contributed by atoms with E-state index in [0.717, 1.165) is 5.56 Å². The van der Waals surface area contributed by atoms with Crippen LogP contribution in [-0.4, -0.2) is 37.3 Å². The number of hydrogen-bond acceptors (Lipinski definition) is 5. The standard InChI is InChI=1S/C19H23ClN2O4/c1-13(2)26-17-7-6-15(20)11-16(17)18(23)22-12-14-5-4-8-21-19(14)25-10-9-24-3/h4-8,11,13H,9-10,12H2,1-3H3,(H,22,23). The molecular formula is C19H23ClN2O4. The average molecular weight is 379 g/mol. The number of rotatable bonds is 9. The smallest absolute Gasteiger partial charge is 0.255 e. The van der Waals surface area contributed by atoms with E-state index in [1.807, 2.05) is 19.9 Å². The maximum atomic E-state index is 12.6. The molecule has 1 aromatic heterocycles.